The molecule has 3 N–H and O–H groups in total. The predicted molar refractivity (Wildman–Crippen MR) is 62.7 cm³/mol. The maximum absolute atomic E-state index is 12.4. The molecule has 0 aliphatic rings. The van der Waals surface area contributed by atoms with Gasteiger partial charge in [0.15, 0.2) is 9.84 Å². The van der Waals surface area contributed by atoms with E-state index in [0.717, 1.165) is 18.2 Å². The highest BCUT2D eigenvalue weighted by molar-refractivity contribution is 7.92. The van der Waals surface area contributed by atoms with Gasteiger partial charge < -0.3 is 5.73 Å². The predicted octanol–water partition coefficient (Wildman–Crippen LogP) is 1.84. The highest BCUT2D eigenvalue weighted by Gasteiger charge is 2.31. The lowest BCUT2D eigenvalue weighted by atomic mass is 10.2. The maximum atomic E-state index is 12.4. The fraction of sp³-hybridized carbons (Fsp3) is 0.222. The summed E-state index contributed by atoms with van der Waals surface area (Å²) in [6.07, 6.45) is -4.61. The molecule has 0 aliphatic heterocycles. The third kappa shape index (κ3) is 4.19. The van der Waals surface area contributed by atoms with Crippen LogP contribution in [-0.2, 0) is 16.0 Å². The van der Waals surface area contributed by atoms with E-state index < -0.39 is 38.1 Å². The van der Waals surface area contributed by atoms with Crippen molar-refractivity contribution in [3.8, 4) is 0 Å². The molecule has 0 atom stereocenters. The van der Waals surface area contributed by atoms with E-state index in [2.05, 4.69) is 0 Å². The highest BCUT2D eigenvalue weighted by Crippen LogP contribution is 2.30. The van der Waals surface area contributed by atoms with Gasteiger partial charge in [-0.2, -0.15) is 13.2 Å². The molecule has 0 heterocycles. The number of halogens is 4. The fourth-order valence-corrected chi connectivity index (χ4v) is 2.32. The van der Waals surface area contributed by atoms with Gasteiger partial charge in [0, 0.05) is 0 Å². The first-order chi connectivity index (χ1) is 7.63. The fourth-order valence-electron chi connectivity index (χ4n) is 1.15. The van der Waals surface area contributed by atoms with Crippen molar-refractivity contribution >= 4 is 28.1 Å². The van der Waals surface area contributed by atoms with E-state index in [0.29, 0.717) is 6.07 Å². The zero-order valence-corrected chi connectivity index (χ0v) is 10.5. The number of benzene rings is 1. The minimum Gasteiger partial charge on any atom is -0.387 e. The summed E-state index contributed by atoms with van der Waals surface area (Å²) in [7, 11) is -3.99. The Morgan fingerprint density at radius 2 is 1.89 bits per heavy atom. The second-order valence-electron chi connectivity index (χ2n) is 3.31. The van der Waals surface area contributed by atoms with Crippen LogP contribution >= 0.6 is 12.4 Å². The Balaban J connectivity index is 0.00000289. The van der Waals surface area contributed by atoms with E-state index in [4.69, 9.17) is 11.1 Å². The van der Waals surface area contributed by atoms with Crippen molar-refractivity contribution in [2.75, 3.05) is 5.75 Å². The summed E-state index contributed by atoms with van der Waals surface area (Å²) in [5, 5.41) is 6.85. The van der Waals surface area contributed by atoms with Crippen LogP contribution in [-0.4, -0.2) is 20.0 Å². The van der Waals surface area contributed by atoms with Gasteiger partial charge in [0.25, 0.3) is 0 Å². The van der Waals surface area contributed by atoms with Gasteiger partial charge in [-0.3, -0.25) is 5.41 Å². The SMILES string of the molecule is Cl.N=C(N)CS(=O)(=O)c1cccc(C(F)(F)F)c1. The van der Waals surface area contributed by atoms with E-state index in [9.17, 15) is 21.6 Å². The van der Waals surface area contributed by atoms with Gasteiger partial charge in [-0.15, -0.1) is 12.4 Å². The second-order valence-corrected chi connectivity index (χ2v) is 5.30. The molecular formula is C9H10ClF3N2O2S. The van der Waals surface area contributed by atoms with Crippen molar-refractivity contribution in [1.29, 1.82) is 5.41 Å². The summed E-state index contributed by atoms with van der Waals surface area (Å²) in [4.78, 5) is -0.498. The standard InChI is InChI=1S/C9H9F3N2O2S.ClH/c10-9(11,12)6-2-1-3-7(4-6)17(15,16)5-8(13)14;/h1-4H,5H2,(H3,13,14);1H. The summed E-state index contributed by atoms with van der Waals surface area (Å²) in [6.45, 7) is 0. The molecular weight excluding hydrogens is 293 g/mol. The zero-order chi connectivity index (χ0) is 13.3. The number of nitrogens with two attached hydrogens (primary N) is 1. The van der Waals surface area contributed by atoms with Gasteiger partial charge >= 0.3 is 6.18 Å². The lowest BCUT2D eigenvalue weighted by molar-refractivity contribution is -0.137. The van der Waals surface area contributed by atoms with Gasteiger partial charge in [-0.25, -0.2) is 8.42 Å². The molecule has 1 aromatic rings. The first kappa shape index (κ1) is 16.7. The summed E-state index contributed by atoms with van der Waals surface area (Å²) in [5.41, 5.74) is 3.87. The van der Waals surface area contributed by atoms with Crippen LogP contribution in [0.15, 0.2) is 29.2 Å². The van der Waals surface area contributed by atoms with Gasteiger partial charge in [0.1, 0.15) is 11.6 Å². The molecule has 0 spiro atoms. The third-order valence-electron chi connectivity index (χ3n) is 1.87. The van der Waals surface area contributed by atoms with Crippen molar-refractivity contribution in [1.82, 2.24) is 0 Å². The monoisotopic (exact) mass is 302 g/mol. The molecule has 1 aromatic carbocycles. The molecule has 0 saturated heterocycles. The molecule has 0 aromatic heterocycles. The van der Waals surface area contributed by atoms with Crippen LogP contribution in [0, 0.1) is 5.41 Å². The van der Waals surface area contributed by atoms with E-state index in [-0.39, 0.29) is 12.4 Å². The molecule has 0 aliphatic carbocycles. The molecule has 0 unspecified atom stereocenters. The van der Waals surface area contributed by atoms with Crippen LogP contribution in [0.25, 0.3) is 0 Å². The summed E-state index contributed by atoms with van der Waals surface area (Å²) >= 11 is 0. The number of rotatable bonds is 3. The average Bonchev–Trinajstić information content (AvgIpc) is 2.14. The number of hydrogen-bond acceptors (Lipinski definition) is 3. The summed E-state index contributed by atoms with van der Waals surface area (Å²) in [6, 6.07) is 3.33. The Bertz CT molecular complexity index is 543. The van der Waals surface area contributed by atoms with Gasteiger partial charge in [-0.05, 0) is 18.2 Å². The number of amidine groups is 1. The molecule has 1 rings (SSSR count). The van der Waals surface area contributed by atoms with E-state index in [1.165, 1.54) is 0 Å². The molecule has 0 radical (unpaired) electrons. The van der Waals surface area contributed by atoms with Crippen molar-refractivity contribution in [2.24, 2.45) is 5.73 Å². The van der Waals surface area contributed by atoms with Crippen molar-refractivity contribution in [3.63, 3.8) is 0 Å². The Hall–Kier alpha value is -1.28. The molecule has 4 nitrogen and oxygen atoms in total. The minimum atomic E-state index is -4.61. The zero-order valence-electron chi connectivity index (χ0n) is 8.86. The van der Waals surface area contributed by atoms with Crippen LogP contribution in [0.1, 0.15) is 5.56 Å². The minimum absolute atomic E-state index is 0. The molecule has 0 fully saturated rings. The summed E-state index contributed by atoms with van der Waals surface area (Å²) < 4.78 is 60.1. The smallest absolute Gasteiger partial charge is 0.387 e. The maximum Gasteiger partial charge on any atom is 0.416 e. The van der Waals surface area contributed by atoms with Crippen LogP contribution in [0.5, 0.6) is 0 Å². The largest absolute Gasteiger partial charge is 0.416 e. The first-order valence-corrected chi connectivity index (χ1v) is 6.01. The highest BCUT2D eigenvalue weighted by atomic mass is 35.5. The first-order valence-electron chi connectivity index (χ1n) is 4.36. The lowest BCUT2D eigenvalue weighted by Gasteiger charge is -2.08. The van der Waals surface area contributed by atoms with E-state index >= 15 is 0 Å². The summed E-state index contributed by atoms with van der Waals surface area (Å²) in [5.74, 6) is -1.42. The Morgan fingerprint density at radius 3 is 2.33 bits per heavy atom. The number of hydrogen-bond donors (Lipinski definition) is 2. The van der Waals surface area contributed by atoms with Gasteiger partial charge in [-0.1, -0.05) is 6.07 Å². The topological polar surface area (TPSA) is 84.0 Å². The molecule has 102 valence electrons. The molecule has 0 amide bonds. The molecule has 9 heteroatoms. The van der Waals surface area contributed by atoms with Crippen molar-refractivity contribution in [3.05, 3.63) is 29.8 Å². The van der Waals surface area contributed by atoms with Gasteiger partial charge in [0.05, 0.1) is 10.5 Å². The van der Waals surface area contributed by atoms with Crippen molar-refractivity contribution in [2.45, 2.75) is 11.1 Å². The quantitative estimate of drug-likeness (QED) is 0.660. The van der Waals surface area contributed by atoms with Crippen LogP contribution in [0.3, 0.4) is 0 Å². The molecule has 0 saturated carbocycles. The number of alkyl halides is 3. The van der Waals surface area contributed by atoms with Crippen LogP contribution in [0.4, 0.5) is 13.2 Å². The van der Waals surface area contributed by atoms with Crippen LogP contribution in [0.2, 0.25) is 0 Å². The van der Waals surface area contributed by atoms with E-state index in [1.807, 2.05) is 0 Å². The Kier molecular flexibility index (Phi) is 5.18. The molecule has 18 heavy (non-hydrogen) atoms. The van der Waals surface area contributed by atoms with Crippen LogP contribution < -0.4 is 5.73 Å². The third-order valence-corrected chi connectivity index (χ3v) is 3.53. The average molecular weight is 303 g/mol. The normalized spacial score (nSPS) is 11.7. The Morgan fingerprint density at radius 1 is 1.33 bits per heavy atom. The van der Waals surface area contributed by atoms with Crippen molar-refractivity contribution < 1.29 is 21.6 Å². The molecule has 0 bridgehead atoms. The number of nitrogens with one attached hydrogen (secondary N) is 1. The second kappa shape index (κ2) is 5.57. The van der Waals surface area contributed by atoms with E-state index in [1.54, 1.807) is 0 Å². The Labute approximate surface area is 108 Å². The number of sulfone groups is 1. The lowest BCUT2D eigenvalue weighted by Crippen LogP contribution is -2.22. The van der Waals surface area contributed by atoms with Gasteiger partial charge in [0.2, 0.25) is 0 Å².